The summed E-state index contributed by atoms with van der Waals surface area (Å²) in [4.78, 5) is 0.306. The van der Waals surface area contributed by atoms with Crippen LogP contribution in [0.3, 0.4) is 0 Å². The van der Waals surface area contributed by atoms with Gasteiger partial charge in [0.1, 0.15) is 13.2 Å². The number of ether oxygens (including phenoxy) is 2. The molecule has 1 heterocycles. The van der Waals surface area contributed by atoms with Crippen LogP contribution in [-0.2, 0) is 10.0 Å². The van der Waals surface area contributed by atoms with E-state index in [1.165, 1.54) is 4.31 Å². The van der Waals surface area contributed by atoms with E-state index in [4.69, 9.17) is 9.47 Å². The Balaban J connectivity index is 2.00. The van der Waals surface area contributed by atoms with Gasteiger partial charge in [-0.15, -0.1) is 0 Å². The first kappa shape index (κ1) is 15.7. The van der Waals surface area contributed by atoms with Crippen molar-refractivity contribution in [1.29, 1.82) is 0 Å². The molecule has 0 bridgehead atoms. The van der Waals surface area contributed by atoms with Gasteiger partial charge >= 0.3 is 0 Å². The summed E-state index contributed by atoms with van der Waals surface area (Å²) in [6.07, 6.45) is 0. The van der Waals surface area contributed by atoms with E-state index in [1.54, 1.807) is 44.3 Å². The van der Waals surface area contributed by atoms with Crippen molar-refractivity contribution < 1.29 is 17.9 Å². The Bertz CT molecular complexity index is 846. The first-order chi connectivity index (χ1) is 10.9. The molecule has 0 N–H and O–H groups in total. The van der Waals surface area contributed by atoms with Crippen LogP contribution in [0.5, 0.6) is 11.5 Å². The predicted octanol–water partition coefficient (Wildman–Crippen LogP) is 2.90. The third kappa shape index (κ3) is 2.86. The fourth-order valence-electron chi connectivity index (χ4n) is 2.60. The fourth-order valence-corrected chi connectivity index (χ4v) is 3.99. The molecule has 0 saturated heterocycles. The third-order valence-electron chi connectivity index (χ3n) is 3.86. The van der Waals surface area contributed by atoms with Gasteiger partial charge in [0.2, 0.25) is 0 Å². The Morgan fingerprint density at radius 1 is 0.957 bits per heavy atom. The maximum Gasteiger partial charge on any atom is 0.264 e. The SMILES string of the molecule is Cc1ccc(S(=O)(=O)N(C)c2ccc3c(c2)OCCO3)c(C)c1. The molecule has 5 nitrogen and oxygen atoms in total. The van der Waals surface area contributed by atoms with E-state index < -0.39 is 10.0 Å². The number of anilines is 1. The molecule has 0 aromatic heterocycles. The summed E-state index contributed by atoms with van der Waals surface area (Å²) in [6, 6.07) is 10.5. The number of nitrogens with zero attached hydrogens (tertiary/aromatic N) is 1. The van der Waals surface area contributed by atoms with Crippen LogP contribution in [0.2, 0.25) is 0 Å². The highest BCUT2D eigenvalue weighted by atomic mass is 32.2. The zero-order valence-corrected chi connectivity index (χ0v) is 14.2. The molecule has 23 heavy (non-hydrogen) atoms. The van der Waals surface area contributed by atoms with Gasteiger partial charge in [0.25, 0.3) is 10.0 Å². The van der Waals surface area contributed by atoms with Crippen molar-refractivity contribution in [2.24, 2.45) is 0 Å². The molecule has 1 aliphatic rings. The second kappa shape index (κ2) is 5.77. The lowest BCUT2D eigenvalue weighted by Gasteiger charge is -2.24. The smallest absolute Gasteiger partial charge is 0.264 e. The Labute approximate surface area is 136 Å². The van der Waals surface area contributed by atoms with E-state index >= 15 is 0 Å². The Kier molecular flexibility index (Phi) is 3.93. The van der Waals surface area contributed by atoms with Gasteiger partial charge in [-0.2, -0.15) is 0 Å². The van der Waals surface area contributed by atoms with Crippen LogP contribution < -0.4 is 13.8 Å². The van der Waals surface area contributed by atoms with Crippen molar-refractivity contribution in [2.75, 3.05) is 24.6 Å². The van der Waals surface area contributed by atoms with Crippen molar-refractivity contribution in [3.8, 4) is 11.5 Å². The molecule has 0 amide bonds. The Morgan fingerprint density at radius 2 is 1.65 bits per heavy atom. The highest BCUT2D eigenvalue weighted by molar-refractivity contribution is 7.92. The van der Waals surface area contributed by atoms with Crippen LogP contribution in [0.4, 0.5) is 5.69 Å². The predicted molar refractivity (Wildman–Crippen MR) is 88.9 cm³/mol. The number of aryl methyl sites for hydroxylation is 2. The average Bonchev–Trinajstić information content (AvgIpc) is 2.53. The minimum Gasteiger partial charge on any atom is -0.486 e. The lowest BCUT2D eigenvalue weighted by Crippen LogP contribution is -2.27. The molecule has 1 aliphatic heterocycles. The van der Waals surface area contributed by atoms with Crippen LogP contribution in [0.15, 0.2) is 41.3 Å². The van der Waals surface area contributed by atoms with Crippen LogP contribution in [0.25, 0.3) is 0 Å². The number of hydrogen-bond acceptors (Lipinski definition) is 4. The molecule has 2 aromatic rings. The molecule has 0 spiro atoms. The summed E-state index contributed by atoms with van der Waals surface area (Å²) in [7, 11) is -2.09. The molecule has 0 aliphatic carbocycles. The van der Waals surface area contributed by atoms with E-state index in [0.29, 0.717) is 35.3 Å². The number of sulfonamides is 1. The highest BCUT2D eigenvalue weighted by Crippen LogP contribution is 2.35. The van der Waals surface area contributed by atoms with Crippen LogP contribution in [-0.4, -0.2) is 28.7 Å². The number of benzene rings is 2. The van der Waals surface area contributed by atoms with Gasteiger partial charge in [-0.1, -0.05) is 17.7 Å². The van der Waals surface area contributed by atoms with Crippen LogP contribution in [0, 0.1) is 13.8 Å². The van der Waals surface area contributed by atoms with Gasteiger partial charge in [0.05, 0.1) is 10.6 Å². The average molecular weight is 333 g/mol. The lowest BCUT2D eigenvalue weighted by molar-refractivity contribution is 0.171. The second-order valence-corrected chi connectivity index (χ2v) is 7.51. The molecule has 6 heteroatoms. The molecule has 3 rings (SSSR count). The standard InChI is InChI=1S/C17H19NO4S/c1-12-4-7-17(13(2)10-12)23(19,20)18(3)14-5-6-15-16(11-14)22-9-8-21-15/h4-7,10-11H,8-9H2,1-3H3. The normalized spacial score (nSPS) is 13.7. The van der Waals surface area contributed by atoms with E-state index in [0.717, 1.165) is 11.1 Å². The van der Waals surface area contributed by atoms with E-state index in [9.17, 15) is 8.42 Å². The quantitative estimate of drug-likeness (QED) is 0.867. The first-order valence-corrected chi connectivity index (χ1v) is 8.79. The molecule has 0 radical (unpaired) electrons. The van der Waals surface area contributed by atoms with E-state index in [1.807, 2.05) is 13.0 Å². The van der Waals surface area contributed by atoms with Gasteiger partial charge in [-0.25, -0.2) is 8.42 Å². The number of hydrogen-bond donors (Lipinski definition) is 0. The molecule has 2 aromatic carbocycles. The minimum atomic E-state index is -3.63. The zero-order valence-electron chi connectivity index (χ0n) is 13.4. The maximum atomic E-state index is 12.9. The Morgan fingerprint density at radius 3 is 2.35 bits per heavy atom. The zero-order chi connectivity index (χ0) is 16.6. The summed E-state index contributed by atoms with van der Waals surface area (Å²) >= 11 is 0. The van der Waals surface area contributed by atoms with E-state index in [-0.39, 0.29) is 0 Å². The van der Waals surface area contributed by atoms with Gasteiger partial charge < -0.3 is 9.47 Å². The fraction of sp³-hybridized carbons (Fsp3) is 0.294. The van der Waals surface area contributed by atoms with Gasteiger partial charge in [-0.3, -0.25) is 4.31 Å². The molecule has 122 valence electrons. The molecule has 0 fully saturated rings. The van der Waals surface area contributed by atoms with Crippen molar-refractivity contribution in [3.63, 3.8) is 0 Å². The third-order valence-corrected chi connectivity index (χ3v) is 5.80. The maximum absolute atomic E-state index is 12.9. The molecular weight excluding hydrogens is 314 g/mol. The van der Waals surface area contributed by atoms with Crippen LogP contribution in [0.1, 0.15) is 11.1 Å². The lowest BCUT2D eigenvalue weighted by atomic mass is 10.2. The summed E-state index contributed by atoms with van der Waals surface area (Å²) < 4.78 is 38.0. The Hall–Kier alpha value is -2.21. The monoisotopic (exact) mass is 333 g/mol. The summed E-state index contributed by atoms with van der Waals surface area (Å²) in [6.45, 7) is 4.71. The van der Waals surface area contributed by atoms with Crippen molar-refractivity contribution in [2.45, 2.75) is 18.7 Å². The summed E-state index contributed by atoms with van der Waals surface area (Å²) in [5.41, 5.74) is 2.30. The number of rotatable bonds is 3. The molecule has 0 unspecified atom stereocenters. The van der Waals surface area contributed by atoms with Gasteiger partial charge in [0, 0.05) is 13.1 Å². The van der Waals surface area contributed by atoms with E-state index in [2.05, 4.69) is 0 Å². The molecule has 0 saturated carbocycles. The topological polar surface area (TPSA) is 55.8 Å². The molecular formula is C17H19NO4S. The summed E-state index contributed by atoms with van der Waals surface area (Å²) in [5.74, 6) is 1.20. The van der Waals surface area contributed by atoms with Gasteiger partial charge in [0.15, 0.2) is 11.5 Å². The van der Waals surface area contributed by atoms with Crippen molar-refractivity contribution >= 4 is 15.7 Å². The first-order valence-electron chi connectivity index (χ1n) is 7.35. The van der Waals surface area contributed by atoms with Gasteiger partial charge in [-0.05, 0) is 37.6 Å². The second-order valence-electron chi connectivity index (χ2n) is 5.57. The van der Waals surface area contributed by atoms with Crippen molar-refractivity contribution in [3.05, 3.63) is 47.5 Å². The highest BCUT2D eigenvalue weighted by Gasteiger charge is 2.24. The number of fused-ring (bicyclic) bond motifs is 1. The summed E-state index contributed by atoms with van der Waals surface area (Å²) in [5, 5.41) is 0. The van der Waals surface area contributed by atoms with Crippen molar-refractivity contribution in [1.82, 2.24) is 0 Å². The van der Waals surface area contributed by atoms with Crippen LogP contribution >= 0.6 is 0 Å². The minimum absolute atomic E-state index is 0.306. The largest absolute Gasteiger partial charge is 0.486 e. The molecule has 0 atom stereocenters.